The molecule has 0 radical (unpaired) electrons. The van der Waals surface area contributed by atoms with E-state index in [1.54, 1.807) is 6.33 Å². The number of aromatic nitrogens is 5. The number of rotatable bonds is 6. The zero-order chi connectivity index (χ0) is 16.2. The first kappa shape index (κ1) is 15.6. The van der Waals surface area contributed by atoms with E-state index in [1.807, 2.05) is 50.5 Å². The first-order chi connectivity index (χ1) is 11.2. The molecule has 0 fully saturated rings. The quantitative estimate of drug-likeness (QED) is 0.693. The molecule has 2 aromatic heterocycles. The number of quaternary nitrogens is 1. The van der Waals surface area contributed by atoms with E-state index in [9.17, 15) is 0 Å². The fraction of sp³-hybridized carbons (Fsp3) is 0.312. The second-order valence-corrected chi connectivity index (χ2v) is 5.98. The summed E-state index contributed by atoms with van der Waals surface area (Å²) in [4.78, 5) is 1.30. The first-order valence-electron chi connectivity index (χ1n) is 7.70. The largest absolute Gasteiger partial charge is 0.315 e. The summed E-state index contributed by atoms with van der Waals surface area (Å²) in [6, 6.07) is 10.1. The lowest BCUT2D eigenvalue weighted by Gasteiger charge is -2.12. The lowest BCUT2D eigenvalue weighted by atomic mass is 10.3. The van der Waals surface area contributed by atoms with Crippen LogP contribution in [0.25, 0.3) is 5.69 Å². The van der Waals surface area contributed by atoms with Crippen molar-refractivity contribution in [1.29, 1.82) is 0 Å². The van der Waals surface area contributed by atoms with Crippen LogP contribution in [0.4, 0.5) is 0 Å². The summed E-state index contributed by atoms with van der Waals surface area (Å²) in [5, 5.41) is 8.79. The van der Waals surface area contributed by atoms with E-state index in [-0.39, 0.29) is 0 Å². The number of aryl methyl sites for hydroxylation is 1. The lowest BCUT2D eigenvalue weighted by Crippen LogP contribution is -3.07. The second kappa shape index (κ2) is 6.89. The van der Waals surface area contributed by atoms with Crippen LogP contribution in [0.5, 0.6) is 0 Å². The van der Waals surface area contributed by atoms with Crippen molar-refractivity contribution in [2.45, 2.75) is 26.7 Å². The van der Waals surface area contributed by atoms with Gasteiger partial charge in [0, 0.05) is 18.3 Å². The van der Waals surface area contributed by atoms with Gasteiger partial charge in [0.2, 0.25) is 4.77 Å². The van der Waals surface area contributed by atoms with Gasteiger partial charge in [-0.3, -0.25) is 0 Å². The number of para-hydroxylation sites is 1. The molecule has 7 heteroatoms. The summed E-state index contributed by atoms with van der Waals surface area (Å²) in [5.41, 5.74) is 2.26. The van der Waals surface area contributed by atoms with Crippen molar-refractivity contribution in [2.75, 3.05) is 7.05 Å². The normalized spacial score (nSPS) is 12.4. The predicted molar refractivity (Wildman–Crippen MR) is 90.9 cm³/mol. The van der Waals surface area contributed by atoms with Crippen molar-refractivity contribution < 1.29 is 4.90 Å². The molecule has 0 bridgehead atoms. The van der Waals surface area contributed by atoms with Crippen LogP contribution in [0.15, 0.2) is 49.1 Å². The molecule has 120 valence electrons. The summed E-state index contributed by atoms with van der Waals surface area (Å²) >= 11 is 5.41. The Labute approximate surface area is 140 Å². The Balaban J connectivity index is 1.66. The van der Waals surface area contributed by atoms with E-state index < -0.39 is 0 Å². The Morgan fingerprint density at radius 3 is 2.65 bits per heavy atom. The Morgan fingerprint density at radius 2 is 1.96 bits per heavy atom. The van der Waals surface area contributed by atoms with Crippen molar-refractivity contribution >= 4 is 12.2 Å². The maximum Gasteiger partial charge on any atom is 0.202 e. The number of hydrogen-bond acceptors (Lipinski definition) is 3. The van der Waals surface area contributed by atoms with Gasteiger partial charge in [0.25, 0.3) is 0 Å². The maximum atomic E-state index is 5.41. The van der Waals surface area contributed by atoms with Crippen LogP contribution in [0.3, 0.4) is 0 Å². The van der Waals surface area contributed by atoms with Gasteiger partial charge in [0.05, 0.1) is 18.9 Å². The molecular formula is C16H21N6S+. The average Bonchev–Trinajstić information content (AvgIpc) is 3.16. The number of benzene rings is 1. The number of nitrogens with zero attached hydrogens (tertiary/aromatic N) is 5. The summed E-state index contributed by atoms with van der Waals surface area (Å²) in [7, 11) is 2.13. The molecule has 0 saturated carbocycles. The molecule has 23 heavy (non-hydrogen) atoms. The zero-order valence-electron chi connectivity index (χ0n) is 13.4. The third-order valence-corrected chi connectivity index (χ3v) is 4.17. The van der Waals surface area contributed by atoms with E-state index in [0.29, 0.717) is 0 Å². The van der Waals surface area contributed by atoms with Crippen LogP contribution >= 0.6 is 12.2 Å². The molecular weight excluding hydrogens is 308 g/mol. The van der Waals surface area contributed by atoms with Gasteiger partial charge in [-0.2, -0.15) is 14.9 Å². The highest BCUT2D eigenvalue weighted by Gasteiger charge is 2.10. The predicted octanol–water partition coefficient (Wildman–Crippen LogP) is 1.29. The minimum absolute atomic E-state index is 0.738. The van der Waals surface area contributed by atoms with Crippen molar-refractivity contribution in [3.05, 3.63) is 59.4 Å². The van der Waals surface area contributed by atoms with E-state index in [1.165, 1.54) is 10.5 Å². The van der Waals surface area contributed by atoms with Crippen LogP contribution in [0.1, 0.15) is 12.5 Å². The monoisotopic (exact) mass is 329 g/mol. The topological polar surface area (TPSA) is 45.0 Å². The van der Waals surface area contributed by atoms with Gasteiger partial charge in [0.15, 0.2) is 6.67 Å². The molecule has 0 aliphatic rings. The van der Waals surface area contributed by atoms with Crippen molar-refractivity contribution in [2.24, 2.45) is 0 Å². The van der Waals surface area contributed by atoms with Crippen molar-refractivity contribution in [3.8, 4) is 5.69 Å². The molecule has 3 rings (SSSR count). The minimum atomic E-state index is 0.738. The standard InChI is InChI=1S/C16H20N6S/c1-3-20-12-18-22(16(20)23)13-19(2)10-14-9-17-21(11-14)15-7-5-4-6-8-15/h4-9,11-12H,3,10,13H2,1-2H3/p+1. The molecule has 1 N–H and O–H groups in total. The Kier molecular flexibility index (Phi) is 4.68. The van der Waals surface area contributed by atoms with E-state index in [2.05, 4.69) is 30.4 Å². The lowest BCUT2D eigenvalue weighted by molar-refractivity contribution is -0.917. The molecule has 3 aromatic rings. The number of hydrogen-bond donors (Lipinski definition) is 1. The SMILES string of the molecule is CCn1cnn(C[NH+](C)Cc2cnn(-c3ccccc3)c2)c1=S. The minimum Gasteiger partial charge on any atom is -0.315 e. The van der Waals surface area contributed by atoms with Gasteiger partial charge < -0.3 is 9.47 Å². The molecule has 1 aromatic carbocycles. The molecule has 0 aliphatic carbocycles. The van der Waals surface area contributed by atoms with Gasteiger partial charge in [0.1, 0.15) is 12.9 Å². The Hall–Kier alpha value is -2.25. The van der Waals surface area contributed by atoms with Crippen LogP contribution in [0.2, 0.25) is 0 Å². The third-order valence-electron chi connectivity index (χ3n) is 3.72. The second-order valence-electron chi connectivity index (χ2n) is 5.62. The summed E-state index contributed by atoms with van der Waals surface area (Å²) in [6.07, 6.45) is 5.78. The molecule has 0 aliphatic heterocycles. The summed E-state index contributed by atoms with van der Waals surface area (Å²) in [5.74, 6) is 0. The molecule has 1 atom stereocenters. The third kappa shape index (κ3) is 3.57. The van der Waals surface area contributed by atoms with Crippen LogP contribution in [-0.2, 0) is 19.8 Å². The van der Waals surface area contributed by atoms with E-state index in [0.717, 1.165) is 30.2 Å². The molecule has 0 saturated heterocycles. The fourth-order valence-electron chi connectivity index (χ4n) is 2.53. The highest BCUT2D eigenvalue weighted by Crippen LogP contribution is 2.06. The van der Waals surface area contributed by atoms with Crippen molar-refractivity contribution in [3.63, 3.8) is 0 Å². The molecule has 2 heterocycles. The van der Waals surface area contributed by atoms with E-state index in [4.69, 9.17) is 12.2 Å². The highest BCUT2D eigenvalue weighted by molar-refractivity contribution is 7.71. The Morgan fingerprint density at radius 1 is 1.17 bits per heavy atom. The van der Waals surface area contributed by atoms with E-state index >= 15 is 0 Å². The van der Waals surface area contributed by atoms with Gasteiger partial charge >= 0.3 is 0 Å². The van der Waals surface area contributed by atoms with Crippen LogP contribution in [-0.4, -0.2) is 31.2 Å². The first-order valence-corrected chi connectivity index (χ1v) is 8.10. The van der Waals surface area contributed by atoms with Crippen LogP contribution in [0, 0.1) is 4.77 Å². The van der Waals surface area contributed by atoms with Gasteiger partial charge in [-0.05, 0) is 31.3 Å². The molecule has 0 spiro atoms. The smallest absolute Gasteiger partial charge is 0.202 e. The van der Waals surface area contributed by atoms with Gasteiger partial charge in [-0.1, -0.05) is 18.2 Å². The molecule has 6 nitrogen and oxygen atoms in total. The van der Waals surface area contributed by atoms with Gasteiger partial charge in [-0.25, -0.2) is 4.68 Å². The summed E-state index contributed by atoms with van der Waals surface area (Å²) in [6.45, 7) is 4.52. The fourth-order valence-corrected chi connectivity index (χ4v) is 2.82. The number of nitrogens with one attached hydrogen (secondary N) is 1. The molecule has 0 amide bonds. The average molecular weight is 329 g/mol. The highest BCUT2D eigenvalue weighted by atomic mass is 32.1. The van der Waals surface area contributed by atoms with Crippen molar-refractivity contribution in [1.82, 2.24) is 24.1 Å². The van der Waals surface area contributed by atoms with Gasteiger partial charge in [-0.15, -0.1) is 0 Å². The summed E-state index contributed by atoms with van der Waals surface area (Å²) < 4.78 is 6.51. The maximum absolute atomic E-state index is 5.41. The molecule has 1 unspecified atom stereocenters. The Bertz CT molecular complexity index is 816. The zero-order valence-corrected chi connectivity index (χ0v) is 14.2. The van der Waals surface area contributed by atoms with Crippen LogP contribution < -0.4 is 4.90 Å².